The maximum absolute atomic E-state index is 12.5. The molecule has 1 aromatic carbocycles. The first kappa shape index (κ1) is 14.9. The summed E-state index contributed by atoms with van der Waals surface area (Å²) < 4.78 is 37.4. The zero-order valence-electron chi connectivity index (χ0n) is 10.3. The van der Waals surface area contributed by atoms with Crippen molar-refractivity contribution in [1.29, 1.82) is 0 Å². The minimum Gasteiger partial charge on any atom is -0.399 e. The molecule has 2 N–H and O–H groups in total. The Labute approximate surface area is 122 Å². The van der Waals surface area contributed by atoms with E-state index < -0.39 is 11.2 Å². The fourth-order valence-corrected chi connectivity index (χ4v) is 2.37. The molecule has 0 aliphatic heterocycles. The van der Waals surface area contributed by atoms with E-state index in [0.29, 0.717) is 27.6 Å². The molecule has 1 heterocycles. The lowest BCUT2D eigenvalue weighted by Gasteiger charge is -2.16. The lowest BCUT2D eigenvalue weighted by molar-refractivity contribution is -0.138. The number of nitrogen functional groups attached to an aromatic ring is 1. The quantitative estimate of drug-likeness (QED) is 0.880. The molecule has 20 heavy (non-hydrogen) atoms. The Balaban J connectivity index is 2.18. The third-order valence-electron chi connectivity index (χ3n) is 2.46. The van der Waals surface area contributed by atoms with Gasteiger partial charge < -0.3 is 10.6 Å². The minimum atomic E-state index is -4.48. The first-order valence-corrected chi connectivity index (χ1v) is 6.62. The van der Waals surface area contributed by atoms with Gasteiger partial charge in [-0.25, -0.2) is 0 Å². The molecule has 0 fully saturated rings. The van der Waals surface area contributed by atoms with Crippen LogP contribution < -0.4 is 10.6 Å². The average Bonchev–Trinajstić information content (AvgIpc) is 2.83. The van der Waals surface area contributed by atoms with Gasteiger partial charge in [-0.2, -0.15) is 13.2 Å². The molecular weight excluding hydrogens is 313 g/mol. The maximum atomic E-state index is 12.5. The van der Waals surface area contributed by atoms with Gasteiger partial charge in [0, 0.05) is 24.3 Å². The Bertz CT molecular complexity index is 614. The van der Waals surface area contributed by atoms with E-state index in [-0.39, 0.29) is 11.7 Å². The molecule has 0 amide bonds. The third kappa shape index (κ3) is 3.31. The number of benzene rings is 1. The van der Waals surface area contributed by atoms with E-state index in [0.717, 1.165) is 0 Å². The van der Waals surface area contributed by atoms with Crippen LogP contribution in [0.25, 0.3) is 0 Å². The highest BCUT2D eigenvalue weighted by atomic mass is 35.5. The summed E-state index contributed by atoms with van der Waals surface area (Å²) in [6.45, 7) is 0.288. The molecule has 0 spiro atoms. The molecule has 0 saturated carbocycles. The fraction of sp³-hybridized carbons (Fsp3) is 0.273. The molecule has 2 aromatic rings. The summed E-state index contributed by atoms with van der Waals surface area (Å²) in [5, 5.41) is 6.35. The van der Waals surface area contributed by atoms with Crippen molar-refractivity contribution >= 4 is 33.8 Å². The zero-order valence-corrected chi connectivity index (χ0v) is 11.9. The number of anilines is 2. The van der Waals surface area contributed by atoms with Gasteiger partial charge in [0.15, 0.2) is 0 Å². The van der Waals surface area contributed by atoms with Crippen LogP contribution in [0.5, 0.6) is 0 Å². The van der Waals surface area contributed by atoms with Gasteiger partial charge in [-0.05, 0) is 23.8 Å². The predicted molar refractivity (Wildman–Crippen MR) is 72.9 cm³/mol. The van der Waals surface area contributed by atoms with Crippen LogP contribution in [-0.4, -0.2) is 17.2 Å². The van der Waals surface area contributed by atoms with Crippen molar-refractivity contribution < 1.29 is 13.2 Å². The first-order chi connectivity index (χ1) is 9.27. The molecule has 0 aliphatic carbocycles. The Kier molecular flexibility index (Phi) is 4.05. The van der Waals surface area contributed by atoms with Gasteiger partial charge in [-0.3, -0.25) is 0 Å². The van der Waals surface area contributed by atoms with Crippen molar-refractivity contribution in [3.63, 3.8) is 0 Å². The van der Waals surface area contributed by atoms with Crippen molar-refractivity contribution in [3.8, 4) is 0 Å². The fourth-order valence-electron chi connectivity index (χ4n) is 1.52. The van der Waals surface area contributed by atoms with E-state index in [1.54, 1.807) is 25.2 Å². The minimum absolute atomic E-state index is 0.163. The van der Waals surface area contributed by atoms with Crippen LogP contribution in [0.1, 0.15) is 10.6 Å². The van der Waals surface area contributed by atoms with E-state index in [9.17, 15) is 13.2 Å². The SMILES string of the molecule is CN(Cc1cc(N)ccc1Cl)c1nnc(C(F)(F)F)s1. The summed E-state index contributed by atoms with van der Waals surface area (Å²) in [7, 11) is 1.61. The van der Waals surface area contributed by atoms with Crippen LogP contribution in [0.15, 0.2) is 18.2 Å². The second-order valence-electron chi connectivity index (χ2n) is 4.09. The van der Waals surface area contributed by atoms with Crippen molar-refractivity contribution in [2.75, 3.05) is 17.7 Å². The standard InChI is InChI=1S/C11H10ClF3N4S/c1-19(5-6-4-7(16)2-3-8(6)12)10-18-17-9(20-10)11(13,14)15/h2-4H,5,16H2,1H3. The monoisotopic (exact) mass is 322 g/mol. The van der Waals surface area contributed by atoms with Crippen molar-refractivity contribution in [2.45, 2.75) is 12.7 Å². The van der Waals surface area contributed by atoms with E-state index in [4.69, 9.17) is 17.3 Å². The van der Waals surface area contributed by atoms with Crippen molar-refractivity contribution in [2.24, 2.45) is 0 Å². The van der Waals surface area contributed by atoms with Gasteiger partial charge >= 0.3 is 6.18 Å². The largest absolute Gasteiger partial charge is 0.445 e. The zero-order chi connectivity index (χ0) is 14.9. The van der Waals surface area contributed by atoms with E-state index in [2.05, 4.69) is 10.2 Å². The third-order valence-corrected chi connectivity index (χ3v) is 3.91. The van der Waals surface area contributed by atoms with Crippen LogP contribution >= 0.6 is 22.9 Å². The lowest BCUT2D eigenvalue weighted by atomic mass is 10.2. The number of halogens is 4. The highest BCUT2D eigenvalue weighted by Gasteiger charge is 2.36. The van der Waals surface area contributed by atoms with Gasteiger partial charge in [0.25, 0.3) is 0 Å². The van der Waals surface area contributed by atoms with Crippen molar-refractivity contribution in [3.05, 3.63) is 33.8 Å². The van der Waals surface area contributed by atoms with E-state index in [1.165, 1.54) is 4.90 Å². The van der Waals surface area contributed by atoms with Crippen molar-refractivity contribution in [1.82, 2.24) is 10.2 Å². The molecule has 0 saturated heterocycles. The van der Waals surface area contributed by atoms with Gasteiger partial charge in [0.05, 0.1) is 0 Å². The number of hydrogen-bond donors (Lipinski definition) is 1. The number of aromatic nitrogens is 2. The second-order valence-corrected chi connectivity index (χ2v) is 5.46. The highest BCUT2D eigenvalue weighted by Crippen LogP contribution is 2.34. The summed E-state index contributed by atoms with van der Waals surface area (Å²) in [4.78, 5) is 1.54. The molecule has 2 rings (SSSR count). The molecule has 0 bridgehead atoms. The molecule has 0 unspecified atom stereocenters. The molecule has 0 radical (unpaired) electrons. The molecule has 1 aromatic heterocycles. The average molecular weight is 323 g/mol. The summed E-state index contributed by atoms with van der Waals surface area (Å²) in [5.41, 5.74) is 6.89. The molecule has 9 heteroatoms. The number of rotatable bonds is 3. The van der Waals surface area contributed by atoms with Gasteiger partial charge in [-0.15, -0.1) is 10.2 Å². The number of nitrogens with two attached hydrogens (primary N) is 1. The highest BCUT2D eigenvalue weighted by molar-refractivity contribution is 7.15. The second kappa shape index (κ2) is 5.45. The van der Waals surface area contributed by atoms with Crippen LogP contribution in [0, 0.1) is 0 Å². The Morgan fingerprint density at radius 1 is 1.35 bits per heavy atom. The summed E-state index contributed by atoms with van der Waals surface area (Å²) in [5.74, 6) is 0. The maximum Gasteiger partial charge on any atom is 0.445 e. The first-order valence-electron chi connectivity index (χ1n) is 5.43. The van der Waals surface area contributed by atoms with Gasteiger partial charge in [-0.1, -0.05) is 22.9 Å². The van der Waals surface area contributed by atoms with Crippen LogP contribution in [0.4, 0.5) is 24.0 Å². The van der Waals surface area contributed by atoms with Crippen LogP contribution in [0.3, 0.4) is 0 Å². The lowest BCUT2D eigenvalue weighted by Crippen LogP contribution is -2.16. The molecule has 108 valence electrons. The van der Waals surface area contributed by atoms with Gasteiger partial charge in [0.1, 0.15) is 0 Å². The molecular formula is C11H10ClF3N4S. The number of hydrogen-bond acceptors (Lipinski definition) is 5. The summed E-state index contributed by atoms with van der Waals surface area (Å²) in [6.07, 6.45) is -4.48. The van der Waals surface area contributed by atoms with E-state index in [1.807, 2.05) is 0 Å². The Morgan fingerprint density at radius 3 is 2.65 bits per heavy atom. The van der Waals surface area contributed by atoms with Gasteiger partial charge in [0.2, 0.25) is 10.1 Å². The van der Waals surface area contributed by atoms with E-state index >= 15 is 0 Å². The number of alkyl halides is 3. The van der Waals surface area contributed by atoms with Crippen LogP contribution in [0.2, 0.25) is 5.02 Å². The number of nitrogens with zero attached hydrogens (tertiary/aromatic N) is 3. The van der Waals surface area contributed by atoms with Crippen LogP contribution in [-0.2, 0) is 12.7 Å². The molecule has 0 aliphatic rings. The molecule has 4 nitrogen and oxygen atoms in total. The molecule has 0 atom stereocenters. The normalized spacial score (nSPS) is 11.7. The Morgan fingerprint density at radius 2 is 2.05 bits per heavy atom. The summed E-state index contributed by atoms with van der Waals surface area (Å²) in [6, 6.07) is 4.96. The summed E-state index contributed by atoms with van der Waals surface area (Å²) >= 11 is 6.49. The Hall–Kier alpha value is -1.54. The predicted octanol–water partition coefficient (Wildman–Crippen LogP) is 3.43. The topological polar surface area (TPSA) is 55.0 Å². The smallest absolute Gasteiger partial charge is 0.399 e.